The normalized spacial score (nSPS) is 12.5. The second-order valence-corrected chi connectivity index (χ2v) is 14.5. The van der Waals surface area contributed by atoms with E-state index in [9.17, 15) is 9.90 Å². The molecule has 239 valence electrons. The molecule has 0 atom stereocenters. The molecule has 1 radical (unpaired) electrons. The van der Waals surface area contributed by atoms with Gasteiger partial charge in [0.25, 0.3) is 0 Å². The Kier molecular flexibility index (Phi) is 11.1. The Morgan fingerprint density at radius 2 is 1.62 bits per heavy atom. The van der Waals surface area contributed by atoms with Gasteiger partial charge in [-0.3, -0.25) is 9.78 Å². The Morgan fingerprint density at radius 3 is 2.27 bits per heavy atom. The summed E-state index contributed by atoms with van der Waals surface area (Å²) in [5, 5.41) is 18.4. The molecule has 0 unspecified atom stereocenters. The minimum atomic E-state index is 0. The van der Waals surface area contributed by atoms with Crippen LogP contribution >= 0.6 is 11.3 Å². The Morgan fingerprint density at radius 1 is 0.956 bits per heavy atom. The third-order valence-electron chi connectivity index (χ3n) is 8.91. The fraction of sp³-hybridized carbons (Fsp3) is 0.410. The number of fused-ring (bicyclic) bond motifs is 4. The van der Waals surface area contributed by atoms with Crippen LogP contribution in [0.3, 0.4) is 0 Å². The van der Waals surface area contributed by atoms with Crippen molar-refractivity contribution in [3.63, 3.8) is 0 Å². The molecule has 2 heterocycles. The molecule has 2 aromatic heterocycles. The van der Waals surface area contributed by atoms with Crippen molar-refractivity contribution < 1.29 is 30.0 Å². The first-order valence-electron chi connectivity index (χ1n) is 16.1. The number of aromatic nitrogens is 2. The van der Waals surface area contributed by atoms with Crippen LogP contribution in [0.1, 0.15) is 84.6 Å². The number of allylic oxidation sites excluding steroid dienone is 2. The fourth-order valence-electron chi connectivity index (χ4n) is 6.54. The van der Waals surface area contributed by atoms with Crippen molar-refractivity contribution >= 4 is 70.6 Å². The molecule has 0 fully saturated rings. The number of benzene rings is 4. The van der Waals surface area contributed by atoms with Gasteiger partial charge in [-0.15, -0.1) is 34.9 Å². The van der Waals surface area contributed by atoms with Crippen LogP contribution in [0.25, 0.3) is 53.4 Å². The summed E-state index contributed by atoms with van der Waals surface area (Å²) >= 11 is 1.92. The molecule has 1 N–H and O–H groups in total. The van der Waals surface area contributed by atoms with Gasteiger partial charge < -0.3 is 5.11 Å². The molecule has 0 aliphatic heterocycles. The first kappa shape index (κ1) is 34.9. The average molecular weight is 798 g/mol. The van der Waals surface area contributed by atoms with Crippen molar-refractivity contribution in [2.24, 2.45) is 17.3 Å². The van der Waals surface area contributed by atoms with Gasteiger partial charge in [-0.2, -0.15) is 0 Å². The van der Waals surface area contributed by atoms with Gasteiger partial charge in [0.2, 0.25) is 0 Å². The number of rotatable bonds is 8. The smallest absolute Gasteiger partial charge is 0.162 e. The van der Waals surface area contributed by atoms with E-state index in [4.69, 9.17) is 4.98 Å². The van der Waals surface area contributed by atoms with Gasteiger partial charge in [-0.05, 0) is 66.8 Å². The minimum Gasteiger partial charge on any atom is -0.512 e. The topological polar surface area (TPSA) is 63.1 Å². The Hall–Kier alpha value is -2.92. The minimum absolute atomic E-state index is 0. The van der Waals surface area contributed by atoms with E-state index in [2.05, 4.69) is 75.1 Å². The summed E-state index contributed by atoms with van der Waals surface area (Å²) < 4.78 is 1.40. The van der Waals surface area contributed by atoms with Crippen LogP contribution in [0.2, 0.25) is 0 Å². The Balaban J connectivity index is 0.000000249. The fourth-order valence-corrected chi connectivity index (χ4v) is 7.73. The molecule has 6 aromatic rings. The molecule has 0 spiro atoms. The van der Waals surface area contributed by atoms with Gasteiger partial charge in [0.15, 0.2) is 5.78 Å². The molecule has 6 rings (SSSR count). The standard InChI is InChI=1S/C26H21N2S.C13H24O2.Ir/c1-14-21-18-9-15-7-5-6-8-16(15)10-19(18)24-22-20(27-13-28-24)11-17(12-26(2,3)4)25(29-14)23(21)22;1-5-10(6-2)12(14)9-13(15)11(7-3)8-4;/h5-9,11,13H,12H2,1-4H3;9-11,14H,5-8H2,1-4H3;/q-1;;/b;12-9-;. The quantitative estimate of drug-likeness (QED) is 0.0548. The molecule has 45 heavy (non-hydrogen) atoms. The van der Waals surface area contributed by atoms with Gasteiger partial charge in [0, 0.05) is 58.5 Å². The zero-order valence-electron chi connectivity index (χ0n) is 27.8. The number of hydrogen-bond acceptors (Lipinski definition) is 5. The van der Waals surface area contributed by atoms with E-state index in [1.54, 1.807) is 6.33 Å². The van der Waals surface area contributed by atoms with Crippen LogP contribution in [0, 0.1) is 30.2 Å². The predicted octanol–water partition coefficient (Wildman–Crippen LogP) is 11.3. The summed E-state index contributed by atoms with van der Waals surface area (Å²) in [6.45, 7) is 17.2. The SMILES string of the molecule is CCC(CC)C(=O)/C=C(\O)C(CC)CC.Cc1sc2c(CC(C)(C)C)cc3ncnc4c5[c-]c6ccccc6cc5c1c2c34.[Ir]. The Bertz CT molecular complexity index is 1980. The number of carbonyl (C=O) groups excluding carboxylic acids is 1. The van der Waals surface area contributed by atoms with Crippen LogP contribution in [0.15, 0.2) is 54.6 Å². The van der Waals surface area contributed by atoms with E-state index >= 15 is 0 Å². The third kappa shape index (κ3) is 6.94. The van der Waals surface area contributed by atoms with Gasteiger partial charge in [-0.1, -0.05) is 82.8 Å². The van der Waals surface area contributed by atoms with Crippen molar-refractivity contribution in [1.82, 2.24) is 9.97 Å². The van der Waals surface area contributed by atoms with Crippen LogP contribution in [-0.2, 0) is 31.3 Å². The predicted molar refractivity (Wildman–Crippen MR) is 189 cm³/mol. The summed E-state index contributed by atoms with van der Waals surface area (Å²) in [7, 11) is 0. The summed E-state index contributed by atoms with van der Waals surface area (Å²) in [6, 6.07) is 16.8. The maximum Gasteiger partial charge on any atom is 0.162 e. The van der Waals surface area contributed by atoms with Crippen molar-refractivity contribution in [3.8, 4) is 0 Å². The van der Waals surface area contributed by atoms with E-state index in [0.717, 1.165) is 53.9 Å². The largest absolute Gasteiger partial charge is 0.512 e. The molecule has 0 bridgehead atoms. The number of thiophene rings is 1. The molecule has 4 nitrogen and oxygen atoms in total. The third-order valence-corrected chi connectivity index (χ3v) is 10.1. The Labute approximate surface area is 285 Å². The number of carbonyl (C=O) groups is 1. The average Bonchev–Trinajstić information content (AvgIpc) is 3.34. The van der Waals surface area contributed by atoms with E-state index < -0.39 is 0 Å². The van der Waals surface area contributed by atoms with Crippen molar-refractivity contribution in [1.29, 1.82) is 0 Å². The van der Waals surface area contributed by atoms with Gasteiger partial charge in [0.05, 0.1) is 11.3 Å². The zero-order chi connectivity index (χ0) is 31.8. The van der Waals surface area contributed by atoms with Gasteiger partial charge in [-0.25, -0.2) is 4.98 Å². The van der Waals surface area contributed by atoms with Crippen molar-refractivity contribution in [2.75, 3.05) is 0 Å². The number of aliphatic hydroxyl groups is 1. The summed E-state index contributed by atoms with van der Waals surface area (Å²) in [6.07, 6.45) is 7.65. The number of aliphatic hydroxyl groups excluding tert-OH is 1. The van der Waals surface area contributed by atoms with Crippen LogP contribution in [0.5, 0.6) is 0 Å². The van der Waals surface area contributed by atoms with Crippen molar-refractivity contribution in [2.45, 2.75) is 87.5 Å². The number of hydrogen-bond donors (Lipinski definition) is 1. The van der Waals surface area contributed by atoms with Crippen LogP contribution in [0.4, 0.5) is 0 Å². The second kappa shape index (κ2) is 14.2. The van der Waals surface area contributed by atoms with Gasteiger partial charge in [0.1, 0.15) is 6.33 Å². The van der Waals surface area contributed by atoms with E-state index in [1.807, 2.05) is 39.0 Å². The molecule has 0 aliphatic rings. The molecule has 0 amide bonds. The molecule has 0 aliphatic carbocycles. The number of ketones is 1. The second-order valence-electron chi connectivity index (χ2n) is 13.3. The molecule has 0 saturated heterocycles. The zero-order valence-corrected chi connectivity index (χ0v) is 31.0. The first-order valence-corrected chi connectivity index (χ1v) is 16.9. The molecular formula is C39H45IrN2O2S-. The molecular weight excluding hydrogens is 753 g/mol. The monoisotopic (exact) mass is 798 g/mol. The van der Waals surface area contributed by atoms with E-state index in [1.165, 1.54) is 48.1 Å². The van der Waals surface area contributed by atoms with Crippen LogP contribution in [-0.4, -0.2) is 20.9 Å². The maximum atomic E-state index is 11.7. The van der Waals surface area contributed by atoms with Crippen molar-refractivity contribution in [3.05, 3.63) is 71.1 Å². The summed E-state index contributed by atoms with van der Waals surface area (Å²) in [5.74, 6) is 0.547. The first-order chi connectivity index (χ1) is 21.0. The van der Waals surface area contributed by atoms with E-state index in [0.29, 0.717) is 0 Å². The summed E-state index contributed by atoms with van der Waals surface area (Å²) in [4.78, 5) is 22.5. The molecule has 0 saturated carbocycles. The van der Waals surface area contributed by atoms with Crippen LogP contribution < -0.4 is 0 Å². The molecule has 6 heteroatoms. The number of nitrogens with zero attached hydrogens (tertiary/aromatic N) is 2. The summed E-state index contributed by atoms with van der Waals surface area (Å²) in [5.41, 5.74) is 3.69. The molecule has 4 aromatic carbocycles. The number of aryl methyl sites for hydroxylation is 1. The maximum absolute atomic E-state index is 11.7. The van der Waals surface area contributed by atoms with Gasteiger partial charge >= 0.3 is 0 Å². The van der Waals surface area contributed by atoms with E-state index in [-0.39, 0.29) is 48.9 Å².